The predicted molar refractivity (Wildman–Crippen MR) is 73.5 cm³/mol. The number of thiocarbonyl (C=S) groups is 1. The van der Waals surface area contributed by atoms with Crippen LogP contribution in [0.25, 0.3) is 0 Å². The maximum absolute atomic E-state index is 11.8. The maximum Gasteiger partial charge on any atom is 0.280 e. The van der Waals surface area contributed by atoms with E-state index in [1.165, 1.54) is 4.90 Å². The largest absolute Gasteiger partial charge is 0.280 e. The minimum Gasteiger partial charge on any atom is -0.280 e. The van der Waals surface area contributed by atoms with E-state index in [1.807, 2.05) is 24.3 Å². The van der Waals surface area contributed by atoms with E-state index in [0.29, 0.717) is 18.0 Å². The van der Waals surface area contributed by atoms with E-state index in [2.05, 4.69) is 16.8 Å². The summed E-state index contributed by atoms with van der Waals surface area (Å²) < 4.78 is 0. The molecule has 0 saturated heterocycles. The van der Waals surface area contributed by atoms with Gasteiger partial charge in [0.05, 0.1) is 0 Å². The van der Waals surface area contributed by atoms with Crippen LogP contribution in [0.3, 0.4) is 0 Å². The third kappa shape index (κ3) is 2.80. The number of amides is 1. The highest BCUT2D eigenvalue weighted by Gasteiger charge is 2.24. The molecule has 92 valence electrons. The zero-order valence-corrected chi connectivity index (χ0v) is 11.0. The van der Waals surface area contributed by atoms with Crippen LogP contribution >= 0.6 is 23.8 Å². The molecular weight excluding hydrogens is 270 g/mol. The number of hydrogen-bond donors (Lipinski definition) is 0. The third-order valence-electron chi connectivity index (χ3n) is 2.52. The Hall–Kier alpha value is -1.59. The van der Waals surface area contributed by atoms with Crippen LogP contribution in [0.5, 0.6) is 0 Å². The van der Waals surface area contributed by atoms with Crippen LogP contribution in [0, 0.1) is 0 Å². The lowest BCUT2D eigenvalue weighted by Gasteiger charge is -2.22. The first-order chi connectivity index (χ1) is 8.58. The molecule has 0 aliphatic carbocycles. The molecule has 4 nitrogen and oxygen atoms in total. The minimum absolute atomic E-state index is 0.111. The molecule has 1 aromatic carbocycles. The summed E-state index contributed by atoms with van der Waals surface area (Å²) in [5.41, 5.74) is 1.18. The monoisotopic (exact) mass is 279 g/mol. The van der Waals surface area contributed by atoms with Gasteiger partial charge in [-0.3, -0.25) is 9.69 Å². The third-order valence-corrected chi connectivity index (χ3v) is 3.07. The second kappa shape index (κ2) is 5.37. The summed E-state index contributed by atoms with van der Waals surface area (Å²) in [6.07, 6.45) is 0.672. The van der Waals surface area contributed by atoms with Gasteiger partial charge < -0.3 is 0 Å². The fraction of sp³-hybridized carbons (Fsp3) is 0.167. The Morgan fingerprint density at radius 2 is 1.94 bits per heavy atom. The summed E-state index contributed by atoms with van der Waals surface area (Å²) in [6.45, 7) is 3.97. The summed E-state index contributed by atoms with van der Waals surface area (Å²) in [7, 11) is 0. The van der Waals surface area contributed by atoms with E-state index >= 15 is 0 Å². The molecule has 0 aromatic heterocycles. The number of hydrogen-bond acceptors (Lipinski definition) is 3. The quantitative estimate of drug-likeness (QED) is 0.631. The van der Waals surface area contributed by atoms with Gasteiger partial charge in [-0.25, -0.2) is 0 Å². The van der Waals surface area contributed by atoms with Gasteiger partial charge in [-0.05, 0) is 36.3 Å². The van der Waals surface area contributed by atoms with Crippen molar-refractivity contribution in [2.75, 3.05) is 6.54 Å². The lowest BCUT2D eigenvalue weighted by molar-refractivity contribution is -0.123. The fourth-order valence-electron chi connectivity index (χ4n) is 1.53. The molecule has 0 N–H and O–H groups in total. The van der Waals surface area contributed by atoms with Gasteiger partial charge in [0.1, 0.15) is 5.70 Å². The van der Waals surface area contributed by atoms with E-state index in [1.54, 1.807) is 0 Å². The van der Waals surface area contributed by atoms with Crippen LogP contribution in [-0.4, -0.2) is 22.5 Å². The van der Waals surface area contributed by atoms with E-state index in [4.69, 9.17) is 23.8 Å². The van der Waals surface area contributed by atoms with Crippen LogP contribution in [0.4, 0.5) is 0 Å². The molecule has 0 radical (unpaired) electrons. The van der Waals surface area contributed by atoms with E-state index in [9.17, 15) is 4.79 Å². The zero-order chi connectivity index (χ0) is 13.1. The highest BCUT2D eigenvalue weighted by molar-refractivity contribution is 7.80. The van der Waals surface area contributed by atoms with Gasteiger partial charge in [-0.15, -0.1) is 10.2 Å². The van der Waals surface area contributed by atoms with Crippen molar-refractivity contribution in [3.05, 3.63) is 47.1 Å². The number of nitrogens with zero attached hydrogens (tertiary/aromatic N) is 3. The molecule has 1 heterocycles. The van der Waals surface area contributed by atoms with Gasteiger partial charge in [0, 0.05) is 11.6 Å². The summed E-state index contributed by atoms with van der Waals surface area (Å²) >= 11 is 10.8. The van der Waals surface area contributed by atoms with Crippen molar-refractivity contribution in [2.45, 2.75) is 6.42 Å². The van der Waals surface area contributed by atoms with Crippen molar-refractivity contribution < 1.29 is 4.79 Å². The average molecular weight is 280 g/mol. The van der Waals surface area contributed by atoms with Crippen LogP contribution in [-0.2, 0) is 11.2 Å². The second-order valence-corrected chi connectivity index (χ2v) is 4.56. The SMILES string of the molecule is C=C1N=NC(=S)N(CCc2ccc(Cl)cc2)C1=O. The van der Waals surface area contributed by atoms with Crippen molar-refractivity contribution in [3.8, 4) is 0 Å². The summed E-state index contributed by atoms with van der Waals surface area (Å²) in [4.78, 5) is 13.2. The molecule has 2 rings (SSSR count). The lowest BCUT2D eigenvalue weighted by atomic mass is 10.1. The average Bonchev–Trinajstić information content (AvgIpc) is 2.36. The number of carbonyl (C=O) groups is 1. The van der Waals surface area contributed by atoms with Gasteiger partial charge in [0.25, 0.3) is 5.91 Å². The van der Waals surface area contributed by atoms with E-state index < -0.39 is 0 Å². The topological polar surface area (TPSA) is 45.0 Å². The molecule has 1 aliphatic heterocycles. The first-order valence-electron chi connectivity index (χ1n) is 5.29. The first-order valence-corrected chi connectivity index (χ1v) is 6.07. The summed E-state index contributed by atoms with van der Waals surface area (Å²) in [6, 6.07) is 7.45. The van der Waals surface area contributed by atoms with Crippen molar-refractivity contribution in [1.82, 2.24) is 4.90 Å². The number of benzene rings is 1. The molecule has 0 bridgehead atoms. The fourth-order valence-corrected chi connectivity index (χ4v) is 1.87. The van der Waals surface area contributed by atoms with E-state index in [-0.39, 0.29) is 16.7 Å². The molecule has 1 amide bonds. The summed E-state index contributed by atoms with van der Waals surface area (Å²) in [5, 5.41) is 8.17. The molecule has 6 heteroatoms. The Bertz CT molecular complexity index is 539. The smallest absolute Gasteiger partial charge is 0.280 e. The predicted octanol–water partition coefficient (Wildman–Crippen LogP) is 2.98. The van der Waals surface area contributed by atoms with Gasteiger partial charge in [0.15, 0.2) is 0 Å². The summed E-state index contributed by atoms with van der Waals surface area (Å²) in [5.74, 6) is -0.288. The minimum atomic E-state index is -0.288. The maximum atomic E-state index is 11.8. The Balaban J connectivity index is 2.03. The molecule has 0 fully saturated rings. The highest BCUT2D eigenvalue weighted by atomic mass is 35.5. The van der Waals surface area contributed by atoms with Crippen LogP contribution in [0.1, 0.15) is 5.56 Å². The number of azo groups is 1. The van der Waals surface area contributed by atoms with Crippen LogP contribution in [0.2, 0.25) is 5.02 Å². The molecule has 0 spiro atoms. The van der Waals surface area contributed by atoms with Gasteiger partial charge in [0.2, 0.25) is 5.11 Å². The molecule has 0 unspecified atom stereocenters. The number of rotatable bonds is 3. The molecular formula is C12H10ClN3OS. The van der Waals surface area contributed by atoms with Crippen LogP contribution < -0.4 is 0 Å². The zero-order valence-electron chi connectivity index (χ0n) is 9.47. The van der Waals surface area contributed by atoms with Crippen molar-refractivity contribution in [3.63, 3.8) is 0 Å². The standard InChI is InChI=1S/C12H10ClN3OS/c1-8-11(17)16(12(18)15-14-8)7-6-9-2-4-10(13)5-3-9/h2-5H,1,6-7H2. The molecule has 1 aromatic rings. The Morgan fingerprint density at radius 1 is 1.28 bits per heavy atom. The Morgan fingerprint density at radius 3 is 2.61 bits per heavy atom. The second-order valence-electron chi connectivity index (χ2n) is 3.76. The highest BCUT2D eigenvalue weighted by Crippen LogP contribution is 2.14. The van der Waals surface area contributed by atoms with Crippen molar-refractivity contribution >= 4 is 34.8 Å². The normalized spacial score (nSPS) is 15.4. The first kappa shape index (κ1) is 12.9. The van der Waals surface area contributed by atoms with Gasteiger partial charge in [-0.1, -0.05) is 30.3 Å². The Labute approximate surface area is 115 Å². The van der Waals surface area contributed by atoms with Crippen molar-refractivity contribution in [1.29, 1.82) is 0 Å². The Kier molecular flexibility index (Phi) is 3.84. The molecule has 18 heavy (non-hydrogen) atoms. The van der Waals surface area contributed by atoms with Gasteiger partial charge >= 0.3 is 0 Å². The molecule has 1 aliphatic rings. The molecule has 0 saturated carbocycles. The van der Waals surface area contributed by atoms with Crippen molar-refractivity contribution in [2.24, 2.45) is 10.2 Å². The number of carbonyl (C=O) groups excluding carboxylic acids is 1. The lowest BCUT2D eigenvalue weighted by Crippen LogP contribution is -2.38. The van der Waals surface area contributed by atoms with E-state index in [0.717, 1.165) is 5.56 Å². The van der Waals surface area contributed by atoms with Crippen LogP contribution in [0.15, 0.2) is 46.8 Å². The number of halogens is 1. The van der Waals surface area contributed by atoms with Gasteiger partial charge in [-0.2, -0.15) is 0 Å². The molecule has 0 atom stereocenters.